The van der Waals surface area contributed by atoms with E-state index in [4.69, 9.17) is 5.26 Å². The molecule has 0 heterocycles. The van der Waals surface area contributed by atoms with Crippen LogP contribution in [-0.4, -0.2) is 6.54 Å². The molecule has 0 aromatic heterocycles. The van der Waals surface area contributed by atoms with Gasteiger partial charge in [0.15, 0.2) is 5.82 Å². The van der Waals surface area contributed by atoms with Crippen molar-refractivity contribution in [1.29, 1.82) is 5.26 Å². The third-order valence-corrected chi connectivity index (χ3v) is 2.79. The van der Waals surface area contributed by atoms with Gasteiger partial charge in [-0.1, -0.05) is 20.8 Å². The van der Waals surface area contributed by atoms with Crippen LogP contribution >= 0.6 is 15.9 Å². The van der Waals surface area contributed by atoms with Gasteiger partial charge in [-0.05, 0) is 33.5 Å². The second-order valence-corrected chi connectivity index (χ2v) is 5.61. The lowest BCUT2D eigenvalue weighted by atomic mass is 9.97. The Morgan fingerprint density at radius 1 is 1.44 bits per heavy atom. The van der Waals surface area contributed by atoms with Crippen molar-refractivity contribution in [1.82, 2.24) is 0 Å². The third-order valence-electron chi connectivity index (χ3n) is 2.01. The van der Waals surface area contributed by atoms with E-state index in [1.165, 1.54) is 0 Å². The van der Waals surface area contributed by atoms with Gasteiger partial charge in [-0.15, -0.1) is 0 Å². The summed E-state index contributed by atoms with van der Waals surface area (Å²) in [6.07, 6.45) is 0. The molecule has 0 amide bonds. The number of nitrogens with one attached hydrogen (secondary N) is 1. The van der Waals surface area contributed by atoms with Crippen LogP contribution in [-0.2, 0) is 0 Å². The molecule has 1 aromatic carbocycles. The van der Waals surface area contributed by atoms with Crippen molar-refractivity contribution in [2.24, 2.45) is 5.41 Å². The summed E-state index contributed by atoms with van der Waals surface area (Å²) in [7, 11) is 0. The van der Waals surface area contributed by atoms with Crippen LogP contribution in [0.25, 0.3) is 0 Å². The van der Waals surface area contributed by atoms with Gasteiger partial charge in [0.1, 0.15) is 6.07 Å². The predicted octanol–water partition coefficient (Wildman–Crippen LogP) is 3.92. The quantitative estimate of drug-likeness (QED) is 0.894. The molecule has 16 heavy (non-hydrogen) atoms. The molecule has 0 spiro atoms. The number of hydrogen-bond donors (Lipinski definition) is 1. The summed E-state index contributed by atoms with van der Waals surface area (Å²) < 4.78 is 14.0. The molecular weight excluding hydrogens is 271 g/mol. The van der Waals surface area contributed by atoms with Crippen LogP contribution in [0.4, 0.5) is 10.1 Å². The number of hydrogen-bond acceptors (Lipinski definition) is 2. The lowest BCUT2D eigenvalue weighted by Gasteiger charge is -2.20. The lowest BCUT2D eigenvalue weighted by molar-refractivity contribution is 0.442. The zero-order valence-electron chi connectivity index (χ0n) is 9.56. The Labute approximate surface area is 104 Å². The second kappa shape index (κ2) is 4.84. The first-order valence-corrected chi connectivity index (χ1v) is 5.76. The summed E-state index contributed by atoms with van der Waals surface area (Å²) in [5.41, 5.74) is 0.798. The molecule has 1 rings (SSSR count). The maximum Gasteiger partial charge on any atom is 0.161 e. The fourth-order valence-corrected chi connectivity index (χ4v) is 1.57. The van der Waals surface area contributed by atoms with Crippen molar-refractivity contribution < 1.29 is 4.39 Å². The van der Waals surface area contributed by atoms with Crippen LogP contribution in [0.3, 0.4) is 0 Å². The van der Waals surface area contributed by atoms with E-state index in [1.54, 1.807) is 12.1 Å². The van der Waals surface area contributed by atoms with Crippen LogP contribution in [0.5, 0.6) is 0 Å². The minimum absolute atomic E-state index is 0.0762. The van der Waals surface area contributed by atoms with Gasteiger partial charge in [-0.2, -0.15) is 5.26 Å². The number of nitriles is 1. The minimum Gasteiger partial charge on any atom is -0.382 e. The van der Waals surface area contributed by atoms with Gasteiger partial charge in [0, 0.05) is 6.54 Å². The first kappa shape index (κ1) is 13.0. The fourth-order valence-electron chi connectivity index (χ4n) is 1.13. The molecule has 0 aliphatic carbocycles. The van der Waals surface area contributed by atoms with Crippen molar-refractivity contribution in [2.75, 3.05) is 11.9 Å². The first-order chi connectivity index (χ1) is 7.35. The zero-order valence-corrected chi connectivity index (χ0v) is 11.2. The molecule has 1 aromatic rings. The van der Waals surface area contributed by atoms with E-state index in [0.717, 1.165) is 0 Å². The minimum atomic E-state index is -0.414. The van der Waals surface area contributed by atoms with Gasteiger partial charge >= 0.3 is 0 Å². The van der Waals surface area contributed by atoms with Gasteiger partial charge in [-0.25, -0.2) is 4.39 Å². The highest BCUT2D eigenvalue weighted by Crippen LogP contribution is 2.27. The summed E-state index contributed by atoms with van der Waals surface area (Å²) in [5.74, 6) is -0.414. The average molecular weight is 285 g/mol. The van der Waals surface area contributed by atoms with Crippen LogP contribution in [0.15, 0.2) is 16.6 Å². The van der Waals surface area contributed by atoms with Gasteiger partial charge in [0.2, 0.25) is 0 Å². The summed E-state index contributed by atoms with van der Waals surface area (Å²) in [6.45, 7) is 6.87. The van der Waals surface area contributed by atoms with Gasteiger partial charge in [0.05, 0.1) is 15.7 Å². The van der Waals surface area contributed by atoms with E-state index < -0.39 is 5.82 Å². The standard InChI is InChI=1S/C12H14BrFN2/c1-12(2,3)7-16-9-5-4-8(6-15)10(13)11(9)14/h4-5,16H,7H2,1-3H3. The largest absolute Gasteiger partial charge is 0.382 e. The summed E-state index contributed by atoms with van der Waals surface area (Å²) in [5, 5.41) is 11.8. The Bertz CT molecular complexity index is 430. The van der Waals surface area contributed by atoms with Gasteiger partial charge < -0.3 is 5.32 Å². The molecule has 0 saturated heterocycles. The van der Waals surface area contributed by atoms with Gasteiger partial charge in [-0.3, -0.25) is 0 Å². The molecule has 0 radical (unpaired) electrons. The third kappa shape index (κ3) is 3.21. The number of rotatable bonds is 2. The number of nitrogens with zero attached hydrogens (tertiary/aromatic N) is 1. The second-order valence-electron chi connectivity index (χ2n) is 4.81. The molecule has 0 fully saturated rings. The zero-order chi connectivity index (χ0) is 12.3. The molecule has 0 aliphatic heterocycles. The monoisotopic (exact) mass is 284 g/mol. The maximum absolute atomic E-state index is 13.8. The van der Waals surface area contributed by atoms with E-state index in [0.29, 0.717) is 17.8 Å². The summed E-state index contributed by atoms with van der Waals surface area (Å²) >= 11 is 3.07. The SMILES string of the molecule is CC(C)(C)CNc1ccc(C#N)c(Br)c1F. The highest BCUT2D eigenvalue weighted by Gasteiger charge is 2.14. The highest BCUT2D eigenvalue weighted by atomic mass is 79.9. The molecule has 2 nitrogen and oxygen atoms in total. The highest BCUT2D eigenvalue weighted by molar-refractivity contribution is 9.10. The van der Waals surface area contributed by atoms with E-state index in [-0.39, 0.29) is 9.89 Å². The molecule has 0 unspecified atom stereocenters. The van der Waals surface area contributed by atoms with Crippen LogP contribution in [0, 0.1) is 22.6 Å². The average Bonchev–Trinajstić information content (AvgIpc) is 2.19. The van der Waals surface area contributed by atoms with Crippen LogP contribution < -0.4 is 5.32 Å². The van der Waals surface area contributed by atoms with E-state index in [1.807, 2.05) is 6.07 Å². The van der Waals surface area contributed by atoms with Crippen LogP contribution in [0.2, 0.25) is 0 Å². The molecular formula is C12H14BrFN2. The normalized spacial score (nSPS) is 11.0. The molecule has 0 aliphatic rings. The topological polar surface area (TPSA) is 35.8 Å². The lowest BCUT2D eigenvalue weighted by Crippen LogP contribution is -2.19. The number of benzene rings is 1. The van der Waals surface area contributed by atoms with E-state index >= 15 is 0 Å². The van der Waals surface area contributed by atoms with Crippen molar-refractivity contribution >= 4 is 21.6 Å². The molecule has 86 valence electrons. The molecule has 4 heteroatoms. The Morgan fingerprint density at radius 2 is 2.06 bits per heavy atom. The summed E-state index contributed by atoms with van der Waals surface area (Å²) in [6, 6.07) is 5.10. The van der Waals surface area contributed by atoms with Crippen molar-refractivity contribution in [3.8, 4) is 6.07 Å². The molecule has 0 atom stereocenters. The van der Waals surface area contributed by atoms with Gasteiger partial charge in [0.25, 0.3) is 0 Å². The maximum atomic E-state index is 13.8. The first-order valence-electron chi connectivity index (χ1n) is 4.97. The molecule has 1 N–H and O–H groups in total. The molecule has 0 saturated carbocycles. The Hall–Kier alpha value is -1.08. The van der Waals surface area contributed by atoms with Crippen molar-refractivity contribution in [2.45, 2.75) is 20.8 Å². The Kier molecular flexibility index (Phi) is 3.93. The van der Waals surface area contributed by atoms with Crippen molar-refractivity contribution in [3.05, 3.63) is 28.0 Å². The molecule has 0 bridgehead atoms. The fraction of sp³-hybridized carbons (Fsp3) is 0.417. The number of anilines is 1. The van der Waals surface area contributed by atoms with Crippen LogP contribution in [0.1, 0.15) is 26.3 Å². The van der Waals surface area contributed by atoms with Crippen molar-refractivity contribution in [3.63, 3.8) is 0 Å². The van der Waals surface area contributed by atoms with E-state index in [2.05, 4.69) is 42.0 Å². The van der Waals surface area contributed by atoms with E-state index in [9.17, 15) is 4.39 Å². The smallest absolute Gasteiger partial charge is 0.161 e. The summed E-state index contributed by atoms with van der Waals surface area (Å²) in [4.78, 5) is 0. The number of halogens is 2. The predicted molar refractivity (Wildman–Crippen MR) is 66.8 cm³/mol. The Balaban J connectivity index is 2.92. The Morgan fingerprint density at radius 3 is 2.56 bits per heavy atom.